The van der Waals surface area contributed by atoms with E-state index in [4.69, 9.17) is 9.47 Å². The molecule has 0 atom stereocenters. The molecule has 2 aromatic carbocycles. The number of aryl methyl sites for hydroxylation is 1. The molecule has 2 heterocycles. The third-order valence-corrected chi connectivity index (χ3v) is 8.31. The number of amides is 1. The van der Waals surface area contributed by atoms with Crippen molar-refractivity contribution in [3.8, 4) is 16.9 Å². The normalized spacial score (nSPS) is 14.7. The first-order valence-corrected chi connectivity index (χ1v) is 16.3. The minimum Gasteiger partial charge on any atom is -0.569 e. The molecule has 1 amide bonds. The van der Waals surface area contributed by atoms with Crippen LogP contribution in [0.2, 0.25) is 0 Å². The summed E-state index contributed by atoms with van der Waals surface area (Å²) in [7, 11) is -4.40. The van der Waals surface area contributed by atoms with Crippen LogP contribution in [0.3, 0.4) is 0 Å². The Kier molecular flexibility index (Phi) is 11.3. The maximum atomic E-state index is 13.5. The Morgan fingerprint density at radius 1 is 1.04 bits per heavy atom. The predicted molar refractivity (Wildman–Crippen MR) is 164 cm³/mol. The molecule has 4 rings (SSSR count). The van der Waals surface area contributed by atoms with E-state index in [0.717, 1.165) is 28.4 Å². The first kappa shape index (κ1) is 36.8. The summed E-state index contributed by atoms with van der Waals surface area (Å²) in [6, 6.07) is 12.5. The Morgan fingerprint density at radius 2 is 1.67 bits per heavy atom. The van der Waals surface area contributed by atoms with Crippen molar-refractivity contribution in [2.45, 2.75) is 57.2 Å². The topological polar surface area (TPSA) is 177 Å². The van der Waals surface area contributed by atoms with Crippen molar-refractivity contribution in [2.75, 3.05) is 26.5 Å². The van der Waals surface area contributed by atoms with Gasteiger partial charge in [-0.05, 0) is 76.8 Å². The molecule has 49 heavy (non-hydrogen) atoms. The van der Waals surface area contributed by atoms with Crippen molar-refractivity contribution in [1.82, 2.24) is 19.5 Å². The molecule has 0 saturated carbocycles. The highest BCUT2D eigenvalue weighted by atomic mass is 32.2. The van der Waals surface area contributed by atoms with Gasteiger partial charge >= 0.3 is 18.4 Å². The summed E-state index contributed by atoms with van der Waals surface area (Å²) in [5, 5.41) is 20.4. The average Bonchev–Trinajstić information content (AvgIpc) is 3.48. The number of aromatic nitrogens is 2. The number of ether oxygens (including phenoxy) is 3. The zero-order valence-corrected chi connectivity index (χ0v) is 27.8. The van der Waals surface area contributed by atoms with Gasteiger partial charge in [0.25, 0.3) is 16.8 Å². The second-order valence-corrected chi connectivity index (χ2v) is 13.7. The van der Waals surface area contributed by atoms with Crippen molar-refractivity contribution in [3.63, 3.8) is 0 Å². The molecule has 1 aromatic heterocycles. The zero-order chi connectivity index (χ0) is 36.0. The number of hydrazine groups is 1. The van der Waals surface area contributed by atoms with E-state index in [2.05, 4.69) is 20.0 Å². The molecule has 266 valence electrons. The maximum Gasteiger partial charge on any atom is 0.511 e. The van der Waals surface area contributed by atoms with Gasteiger partial charge in [-0.3, -0.25) is 0 Å². The number of carbonyl (C=O) groups excluding carboxylic acids is 2. The fourth-order valence-corrected chi connectivity index (χ4v) is 5.43. The van der Waals surface area contributed by atoms with E-state index in [-0.39, 0.29) is 46.9 Å². The number of benzene rings is 2. The summed E-state index contributed by atoms with van der Waals surface area (Å²) in [4.78, 5) is 28.4. The van der Waals surface area contributed by atoms with Gasteiger partial charge in [0.2, 0.25) is 5.28 Å². The lowest BCUT2D eigenvalue weighted by Crippen LogP contribution is -2.40. The standard InChI is InChI=1S/C30H35F3N6O9S/c1-20-5-7-22(8-6-20)25-17-26(30(31,32)33)34-38(25)23-9-11-24(12-10-23)49(43,44)35-27(40)45-18-21-13-15-37(16-14-21)39(42)36-47-19-46-28(41)48-29(2,3)4/h5-12,17,21H,13-16,18-19H2,1-4H3,(H,35,40)/b39-36-. The smallest absolute Gasteiger partial charge is 0.511 e. The second kappa shape index (κ2) is 15.0. The Labute approximate surface area is 279 Å². The molecule has 1 fully saturated rings. The van der Waals surface area contributed by atoms with E-state index in [9.17, 15) is 36.4 Å². The molecule has 0 aliphatic carbocycles. The van der Waals surface area contributed by atoms with Crippen LogP contribution in [-0.2, 0) is 35.2 Å². The SMILES string of the molecule is Cc1ccc(-c2cc(C(F)(F)F)nn2-c2ccc(S(=O)(=O)NC(=O)OCC3CCN(/[N+]([O-])=N/OCOC(=O)OC(C)(C)C)CC3)cc2)cc1. The molecule has 15 nitrogen and oxygen atoms in total. The first-order chi connectivity index (χ1) is 22.9. The van der Waals surface area contributed by atoms with Crippen LogP contribution in [0.4, 0.5) is 22.8 Å². The second-order valence-electron chi connectivity index (χ2n) is 12.0. The van der Waals surface area contributed by atoms with Crippen molar-refractivity contribution < 1.29 is 55.2 Å². The van der Waals surface area contributed by atoms with Gasteiger partial charge in [0, 0.05) is 5.56 Å². The monoisotopic (exact) mass is 712 g/mol. The molecule has 0 radical (unpaired) electrons. The lowest BCUT2D eigenvalue weighted by atomic mass is 9.99. The number of hydrogen-bond acceptors (Lipinski definition) is 11. The number of hydrogen-bond donors (Lipinski definition) is 1. The van der Waals surface area contributed by atoms with Crippen LogP contribution in [0.15, 0.2) is 64.8 Å². The molecule has 0 unspecified atom stereocenters. The predicted octanol–water partition coefficient (Wildman–Crippen LogP) is 5.71. The van der Waals surface area contributed by atoms with Gasteiger partial charge in [-0.25, -0.2) is 27.4 Å². The molecular formula is C30H35F3N6O9S. The van der Waals surface area contributed by atoms with Gasteiger partial charge in [-0.2, -0.15) is 18.3 Å². The summed E-state index contributed by atoms with van der Waals surface area (Å²) < 4.78 is 83.7. The van der Waals surface area contributed by atoms with Crippen LogP contribution >= 0.6 is 0 Å². The van der Waals surface area contributed by atoms with Crippen LogP contribution in [0, 0.1) is 18.0 Å². The van der Waals surface area contributed by atoms with Gasteiger partial charge in [0.05, 0.1) is 40.9 Å². The summed E-state index contributed by atoms with van der Waals surface area (Å²) in [5.74, 6) is -0.188. The number of nitrogens with one attached hydrogen (secondary N) is 1. The number of piperidine rings is 1. The molecule has 1 N–H and O–H groups in total. The van der Waals surface area contributed by atoms with Crippen LogP contribution in [0.5, 0.6) is 0 Å². The molecule has 1 saturated heterocycles. The number of sulfonamides is 1. The van der Waals surface area contributed by atoms with E-state index >= 15 is 0 Å². The maximum absolute atomic E-state index is 13.5. The number of halogens is 3. The highest BCUT2D eigenvalue weighted by Crippen LogP contribution is 2.33. The highest BCUT2D eigenvalue weighted by molar-refractivity contribution is 7.90. The summed E-state index contributed by atoms with van der Waals surface area (Å²) >= 11 is 0. The zero-order valence-electron chi connectivity index (χ0n) is 27.0. The number of nitrogens with zero attached hydrogens (tertiary/aromatic N) is 5. The summed E-state index contributed by atoms with van der Waals surface area (Å²) in [6.45, 7) is 6.46. The molecule has 1 aliphatic rings. The van der Waals surface area contributed by atoms with Crippen molar-refractivity contribution in [2.24, 2.45) is 11.2 Å². The lowest BCUT2D eigenvalue weighted by Gasteiger charge is -2.27. The van der Waals surface area contributed by atoms with Crippen LogP contribution in [0.25, 0.3) is 16.9 Å². The minimum absolute atomic E-state index is 0.132. The minimum atomic E-state index is -4.71. The Hall–Kier alpha value is -5.07. The van der Waals surface area contributed by atoms with Gasteiger partial charge < -0.3 is 24.3 Å². The molecular weight excluding hydrogens is 677 g/mol. The van der Waals surface area contributed by atoms with Crippen LogP contribution < -0.4 is 4.72 Å². The van der Waals surface area contributed by atoms with Crippen LogP contribution in [-0.4, -0.2) is 72.5 Å². The number of carbonyl (C=O) groups is 2. The Bertz CT molecular complexity index is 1750. The molecule has 19 heteroatoms. The molecule has 1 aliphatic heterocycles. The van der Waals surface area contributed by atoms with Gasteiger partial charge in [-0.15, -0.1) is 5.01 Å². The number of alkyl halides is 3. The molecule has 3 aromatic rings. The largest absolute Gasteiger partial charge is 0.569 e. The van der Waals surface area contributed by atoms with E-state index in [1.165, 1.54) is 17.1 Å². The average molecular weight is 713 g/mol. The van der Waals surface area contributed by atoms with Gasteiger partial charge in [0.15, 0.2) is 5.69 Å². The van der Waals surface area contributed by atoms with Crippen LogP contribution in [0.1, 0.15) is 44.9 Å². The fourth-order valence-electron chi connectivity index (χ4n) is 4.54. The Morgan fingerprint density at radius 3 is 2.27 bits per heavy atom. The van der Waals surface area contributed by atoms with Crippen molar-refractivity contribution >= 4 is 22.3 Å². The van der Waals surface area contributed by atoms with Crippen molar-refractivity contribution in [1.29, 1.82) is 0 Å². The van der Waals surface area contributed by atoms with E-state index < -0.39 is 46.5 Å². The number of rotatable bonds is 10. The molecule has 0 bridgehead atoms. The van der Waals surface area contributed by atoms with Crippen molar-refractivity contribution in [3.05, 3.63) is 71.1 Å². The van der Waals surface area contributed by atoms with Gasteiger partial charge in [0.1, 0.15) is 5.60 Å². The summed E-state index contributed by atoms with van der Waals surface area (Å²) in [6.07, 6.45) is -6.12. The van der Waals surface area contributed by atoms with E-state index in [0.29, 0.717) is 18.4 Å². The first-order valence-electron chi connectivity index (χ1n) is 14.9. The van der Waals surface area contributed by atoms with Gasteiger partial charge in [-0.1, -0.05) is 29.8 Å². The van der Waals surface area contributed by atoms with E-state index in [1.54, 1.807) is 45.0 Å². The lowest BCUT2D eigenvalue weighted by molar-refractivity contribution is -0.714. The third kappa shape index (κ3) is 10.5. The molecule has 0 spiro atoms. The Balaban J connectivity index is 1.28. The summed E-state index contributed by atoms with van der Waals surface area (Å²) in [5.41, 5.74) is -0.202. The third-order valence-electron chi connectivity index (χ3n) is 6.99. The highest BCUT2D eigenvalue weighted by Gasteiger charge is 2.35. The quantitative estimate of drug-likeness (QED) is 0.0680. The fraction of sp³-hybridized carbons (Fsp3) is 0.433. The van der Waals surface area contributed by atoms with E-state index in [1.807, 2.05) is 11.6 Å².